The number of hydrogen-bond acceptors (Lipinski definition) is 3. The zero-order valence-electron chi connectivity index (χ0n) is 13.7. The molecule has 2 N–H and O–H groups in total. The van der Waals surface area contributed by atoms with E-state index in [2.05, 4.69) is 10.6 Å². The maximum absolute atomic E-state index is 12.1. The minimum atomic E-state index is -0.721. The number of benzene rings is 2. The molecule has 0 saturated carbocycles. The first-order valence-electron chi connectivity index (χ1n) is 7.42. The Hall–Kier alpha value is -2.53. The number of ether oxygens (including phenoxy) is 1. The van der Waals surface area contributed by atoms with Gasteiger partial charge in [-0.2, -0.15) is 0 Å². The van der Waals surface area contributed by atoms with E-state index in [1.807, 2.05) is 12.1 Å². The summed E-state index contributed by atoms with van der Waals surface area (Å²) in [6.07, 6.45) is 0. The molecule has 2 amide bonds. The zero-order valence-corrected chi connectivity index (χ0v) is 14.5. The number of aryl methyl sites for hydroxylation is 1. The van der Waals surface area contributed by atoms with E-state index in [1.165, 1.54) is 0 Å². The van der Waals surface area contributed by atoms with Crippen molar-refractivity contribution in [2.45, 2.75) is 19.9 Å². The minimum absolute atomic E-state index is 0.305. The predicted octanol–water partition coefficient (Wildman–Crippen LogP) is 3.47. The van der Waals surface area contributed by atoms with Crippen molar-refractivity contribution in [1.29, 1.82) is 0 Å². The summed E-state index contributed by atoms with van der Waals surface area (Å²) in [6, 6.07) is 12.0. The first kappa shape index (κ1) is 17.8. The van der Waals surface area contributed by atoms with Gasteiger partial charge in [-0.1, -0.05) is 23.7 Å². The Balaban J connectivity index is 1.98. The molecule has 0 heterocycles. The van der Waals surface area contributed by atoms with Crippen molar-refractivity contribution >= 4 is 29.1 Å². The largest absolute Gasteiger partial charge is 0.497 e. The van der Waals surface area contributed by atoms with Crippen molar-refractivity contribution in [3.8, 4) is 5.75 Å². The molecule has 6 heteroatoms. The van der Waals surface area contributed by atoms with Crippen LogP contribution >= 0.6 is 11.6 Å². The summed E-state index contributed by atoms with van der Waals surface area (Å²) in [6.45, 7) is 3.61. The molecule has 2 rings (SSSR count). The molecular formula is C18H19ClN2O3. The van der Waals surface area contributed by atoms with Crippen molar-refractivity contribution in [1.82, 2.24) is 5.32 Å². The highest BCUT2D eigenvalue weighted by Gasteiger charge is 2.18. The molecule has 0 saturated heterocycles. The normalized spacial score (nSPS) is 11.5. The average Bonchev–Trinajstić information content (AvgIpc) is 2.57. The molecule has 0 aliphatic heterocycles. The van der Waals surface area contributed by atoms with E-state index in [9.17, 15) is 9.59 Å². The molecule has 24 heavy (non-hydrogen) atoms. The van der Waals surface area contributed by atoms with Crippen LogP contribution in [0.1, 0.15) is 24.1 Å². The molecular weight excluding hydrogens is 328 g/mol. The standard InChI is InChI=1S/C18H19ClN2O3/c1-11-10-14(19)6-9-16(11)21-18(23)17(22)20-12(2)13-4-7-15(24-3)8-5-13/h4-10,12H,1-3H3,(H,20,22)(H,21,23). The Morgan fingerprint density at radius 1 is 1.08 bits per heavy atom. The van der Waals surface area contributed by atoms with Gasteiger partial charge in [0.15, 0.2) is 0 Å². The molecule has 1 atom stereocenters. The van der Waals surface area contributed by atoms with Crippen molar-refractivity contribution in [3.05, 3.63) is 58.6 Å². The number of methoxy groups -OCH3 is 1. The average molecular weight is 347 g/mol. The molecule has 0 aliphatic rings. The zero-order chi connectivity index (χ0) is 17.7. The summed E-state index contributed by atoms with van der Waals surface area (Å²) >= 11 is 5.87. The van der Waals surface area contributed by atoms with Gasteiger partial charge in [0.25, 0.3) is 0 Å². The van der Waals surface area contributed by atoms with Gasteiger partial charge in [-0.15, -0.1) is 0 Å². The van der Waals surface area contributed by atoms with Crippen molar-refractivity contribution in [2.24, 2.45) is 0 Å². The highest BCUT2D eigenvalue weighted by atomic mass is 35.5. The maximum Gasteiger partial charge on any atom is 0.313 e. The first-order chi connectivity index (χ1) is 11.4. The van der Waals surface area contributed by atoms with E-state index in [1.54, 1.807) is 51.3 Å². The Kier molecular flexibility index (Phi) is 5.82. The minimum Gasteiger partial charge on any atom is -0.497 e. The predicted molar refractivity (Wildman–Crippen MR) is 94.4 cm³/mol. The molecule has 0 spiro atoms. The van der Waals surface area contributed by atoms with Crippen LogP contribution in [0.15, 0.2) is 42.5 Å². The van der Waals surface area contributed by atoms with Gasteiger partial charge >= 0.3 is 11.8 Å². The third kappa shape index (κ3) is 4.49. The van der Waals surface area contributed by atoms with E-state index in [0.29, 0.717) is 10.7 Å². The monoisotopic (exact) mass is 346 g/mol. The molecule has 0 bridgehead atoms. The molecule has 1 unspecified atom stereocenters. The fourth-order valence-corrected chi connectivity index (χ4v) is 2.41. The molecule has 2 aromatic carbocycles. The van der Waals surface area contributed by atoms with E-state index < -0.39 is 11.8 Å². The van der Waals surface area contributed by atoms with Crippen LogP contribution in [0.3, 0.4) is 0 Å². The smallest absolute Gasteiger partial charge is 0.313 e. The Bertz CT molecular complexity index is 744. The lowest BCUT2D eigenvalue weighted by molar-refractivity contribution is -0.136. The van der Waals surface area contributed by atoms with Gasteiger partial charge in [-0.25, -0.2) is 0 Å². The maximum atomic E-state index is 12.1. The van der Waals surface area contributed by atoms with Crippen LogP contribution in [-0.2, 0) is 9.59 Å². The third-order valence-corrected chi connectivity index (χ3v) is 3.84. The van der Waals surface area contributed by atoms with Crippen molar-refractivity contribution in [3.63, 3.8) is 0 Å². The number of nitrogens with one attached hydrogen (secondary N) is 2. The second-order valence-corrected chi connectivity index (χ2v) is 5.82. The molecule has 126 valence electrons. The first-order valence-corrected chi connectivity index (χ1v) is 7.80. The lowest BCUT2D eigenvalue weighted by Crippen LogP contribution is -2.37. The number of halogens is 1. The molecule has 0 aliphatic carbocycles. The quantitative estimate of drug-likeness (QED) is 0.833. The summed E-state index contributed by atoms with van der Waals surface area (Å²) in [7, 11) is 1.59. The van der Waals surface area contributed by atoms with E-state index >= 15 is 0 Å². The lowest BCUT2D eigenvalue weighted by Gasteiger charge is -2.15. The number of amides is 2. The van der Waals surface area contributed by atoms with Crippen LogP contribution < -0.4 is 15.4 Å². The van der Waals surface area contributed by atoms with Crippen LogP contribution in [0.2, 0.25) is 5.02 Å². The third-order valence-electron chi connectivity index (χ3n) is 3.61. The topological polar surface area (TPSA) is 67.4 Å². The molecule has 2 aromatic rings. The highest BCUT2D eigenvalue weighted by Crippen LogP contribution is 2.20. The van der Waals surface area contributed by atoms with Gasteiger partial charge in [-0.3, -0.25) is 9.59 Å². The fraction of sp³-hybridized carbons (Fsp3) is 0.222. The second-order valence-electron chi connectivity index (χ2n) is 5.38. The van der Waals surface area contributed by atoms with Crippen LogP contribution in [0.25, 0.3) is 0 Å². The van der Waals surface area contributed by atoms with Crippen molar-refractivity contribution in [2.75, 3.05) is 12.4 Å². The Morgan fingerprint density at radius 3 is 2.33 bits per heavy atom. The Morgan fingerprint density at radius 2 is 1.75 bits per heavy atom. The van der Waals surface area contributed by atoms with Crippen LogP contribution in [0.5, 0.6) is 5.75 Å². The summed E-state index contributed by atoms with van der Waals surface area (Å²) in [5, 5.41) is 5.82. The van der Waals surface area contributed by atoms with Crippen LogP contribution in [0, 0.1) is 6.92 Å². The highest BCUT2D eigenvalue weighted by molar-refractivity contribution is 6.39. The van der Waals surface area contributed by atoms with Gasteiger partial charge in [-0.05, 0) is 55.3 Å². The second kappa shape index (κ2) is 7.84. The molecule has 0 fully saturated rings. The van der Waals surface area contributed by atoms with Gasteiger partial charge in [0.2, 0.25) is 0 Å². The van der Waals surface area contributed by atoms with E-state index in [0.717, 1.165) is 16.9 Å². The van der Waals surface area contributed by atoms with E-state index in [4.69, 9.17) is 16.3 Å². The van der Waals surface area contributed by atoms with E-state index in [-0.39, 0.29) is 6.04 Å². The Labute approximate surface area is 146 Å². The summed E-state index contributed by atoms with van der Waals surface area (Å²) in [5.41, 5.74) is 2.21. The number of hydrogen-bond donors (Lipinski definition) is 2. The SMILES string of the molecule is COc1ccc(C(C)NC(=O)C(=O)Nc2ccc(Cl)cc2C)cc1. The number of carbonyl (C=O) groups excluding carboxylic acids is 2. The van der Waals surface area contributed by atoms with Crippen LogP contribution in [-0.4, -0.2) is 18.9 Å². The van der Waals surface area contributed by atoms with Crippen molar-refractivity contribution < 1.29 is 14.3 Å². The summed E-state index contributed by atoms with van der Waals surface area (Å²) in [5.74, 6) is -0.693. The van der Waals surface area contributed by atoms with Gasteiger partial charge in [0.05, 0.1) is 13.2 Å². The number of anilines is 1. The van der Waals surface area contributed by atoms with Gasteiger partial charge < -0.3 is 15.4 Å². The summed E-state index contributed by atoms with van der Waals surface area (Å²) < 4.78 is 5.09. The number of rotatable bonds is 4. The van der Waals surface area contributed by atoms with Gasteiger partial charge in [0.1, 0.15) is 5.75 Å². The van der Waals surface area contributed by atoms with Crippen LogP contribution in [0.4, 0.5) is 5.69 Å². The van der Waals surface area contributed by atoms with Gasteiger partial charge in [0, 0.05) is 10.7 Å². The molecule has 0 aromatic heterocycles. The number of carbonyl (C=O) groups is 2. The fourth-order valence-electron chi connectivity index (χ4n) is 2.18. The molecule has 0 radical (unpaired) electrons. The molecule has 5 nitrogen and oxygen atoms in total. The lowest BCUT2D eigenvalue weighted by atomic mass is 10.1. The summed E-state index contributed by atoms with van der Waals surface area (Å²) in [4.78, 5) is 24.1.